The Balaban J connectivity index is 1.42. The lowest BCUT2D eigenvalue weighted by molar-refractivity contribution is -0.126. The van der Waals surface area contributed by atoms with Gasteiger partial charge in [-0.1, -0.05) is 35.9 Å². The van der Waals surface area contributed by atoms with E-state index in [0.717, 1.165) is 10.8 Å². The largest absolute Gasteiger partial charge is 0.377 e. The number of pyridine rings is 1. The van der Waals surface area contributed by atoms with Crippen LogP contribution in [0.3, 0.4) is 0 Å². The zero-order chi connectivity index (χ0) is 22.9. The standard InChI is InChI=1S/C24H21ClN4O4/c25-15-5-6-18-19(7-15)20(10-29(24(18)32)11-22(30)27-16-12-33-13-16)23(31)28-21-9-26-8-14-3-1-2-4-17(14)21/h1-9,16,20H,10-13H2,(H,27,30)(H,28,31). The number of carbonyl (C=O) groups is 3. The summed E-state index contributed by atoms with van der Waals surface area (Å²) in [6, 6.07) is 12.4. The van der Waals surface area contributed by atoms with Crippen LogP contribution in [-0.4, -0.2) is 60.0 Å². The lowest BCUT2D eigenvalue weighted by Gasteiger charge is -2.34. The van der Waals surface area contributed by atoms with Gasteiger partial charge < -0.3 is 20.3 Å². The molecule has 1 fully saturated rings. The number of rotatable bonds is 5. The molecule has 3 heterocycles. The van der Waals surface area contributed by atoms with Crippen LogP contribution in [0.5, 0.6) is 0 Å². The molecule has 8 nitrogen and oxygen atoms in total. The molecule has 0 spiro atoms. The predicted octanol–water partition coefficient (Wildman–Crippen LogP) is 2.58. The van der Waals surface area contributed by atoms with Gasteiger partial charge in [-0.25, -0.2) is 0 Å². The van der Waals surface area contributed by atoms with Gasteiger partial charge in [0.05, 0.1) is 43.6 Å². The molecule has 33 heavy (non-hydrogen) atoms. The Bertz CT molecular complexity index is 1250. The van der Waals surface area contributed by atoms with Crippen molar-refractivity contribution in [3.05, 3.63) is 71.0 Å². The van der Waals surface area contributed by atoms with Gasteiger partial charge in [0.25, 0.3) is 5.91 Å². The molecule has 2 N–H and O–H groups in total. The number of carbonyl (C=O) groups excluding carboxylic acids is 3. The summed E-state index contributed by atoms with van der Waals surface area (Å²) >= 11 is 6.19. The minimum Gasteiger partial charge on any atom is -0.377 e. The van der Waals surface area contributed by atoms with E-state index in [9.17, 15) is 14.4 Å². The molecule has 0 bridgehead atoms. The maximum absolute atomic E-state index is 13.4. The minimum absolute atomic E-state index is 0.0403. The molecule has 0 aliphatic carbocycles. The second-order valence-corrected chi connectivity index (χ2v) is 8.61. The van der Waals surface area contributed by atoms with Gasteiger partial charge in [-0.2, -0.15) is 0 Å². The van der Waals surface area contributed by atoms with Crippen LogP contribution < -0.4 is 10.6 Å². The number of hydrogen-bond acceptors (Lipinski definition) is 5. The van der Waals surface area contributed by atoms with Crippen molar-refractivity contribution in [2.24, 2.45) is 0 Å². The monoisotopic (exact) mass is 464 g/mol. The Morgan fingerprint density at radius 2 is 1.97 bits per heavy atom. The molecule has 2 aromatic carbocycles. The van der Waals surface area contributed by atoms with Crippen molar-refractivity contribution in [3.63, 3.8) is 0 Å². The normalized spacial score (nSPS) is 17.9. The van der Waals surface area contributed by atoms with Crippen molar-refractivity contribution in [2.45, 2.75) is 12.0 Å². The first-order valence-corrected chi connectivity index (χ1v) is 11.0. The SMILES string of the molecule is O=C(CN1CC(C(=O)Nc2cncc3ccccc23)c2cc(Cl)ccc2C1=O)NC1COC1. The Morgan fingerprint density at radius 3 is 2.76 bits per heavy atom. The Labute approximate surface area is 194 Å². The molecule has 5 rings (SSSR count). The number of nitrogens with zero attached hydrogens (tertiary/aromatic N) is 2. The quantitative estimate of drug-likeness (QED) is 0.604. The highest BCUT2D eigenvalue weighted by molar-refractivity contribution is 6.30. The highest BCUT2D eigenvalue weighted by Crippen LogP contribution is 2.32. The van der Waals surface area contributed by atoms with Gasteiger partial charge in [0.1, 0.15) is 0 Å². The van der Waals surface area contributed by atoms with Crippen molar-refractivity contribution in [1.82, 2.24) is 15.2 Å². The fraction of sp³-hybridized carbons (Fsp3) is 0.250. The first-order valence-electron chi connectivity index (χ1n) is 10.6. The zero-order valence-electron chi connectivity index (χ0n) is 17.6. The van der Waals surface area contributed by atoms with E-state index < -0.39 is 5.92 Å². The highest BCUT2D eigenvalue weighted by Gasteiger charge is 2.37. The van der Waals surface area contributed by atoms with Crippen molar-refractivity contribution in [3.8, 4) is 0 Å². The third kappa shape index (κ3) is 4.27. The minimum atomic E-state index is -0.699. The summed E-state index contributed by atoms with van der Waals surface area (Å²) in [5.41, 5.74) is 1.48. The average molecular weight is 465 g/mol. The van der Waals surface area contributed by atoms with Crippen molar-refractivity contribution in [2.75, 3.05) is 31.6 Å². The summed E-state index contributed by atoms with van der Waals surface area (Å²) in [6.07, 6.45) is 3.33. The average Bonchev–Trinajstić information content (AvgIpc) is 2.78. The summed E-state index contributed by atoms with van der Waals surface area (Å²) in [6.45, 7) is 0.845. The maximum Gasteiger partial charge on any atom is 0.254 e. The molecular weight excluding hydrogens is 444 g/mol. The molecule has 1 atom stereocenters. The van der Waals surface area contributed by atoms with E-state index in [1.807, 2.05) is 24.3 Å². The maximum atomic E-state index is 13.4. The lowest BCUT2D eigenvalue weighted by atomic mass is 9.88. The Hall–Kier alpha value is -3.49. The highest BCUT2D eigenvalue weighted by atomic mass is 35.5. The second kappa shape index (κ2) is 8.80. The Kier molecular flexibility index (Phi) is 5.70. The molecule has 3 aromatic rings. The third-order valence-corrected chi connectivity index (χ3v) is 6.12. The van der Waals surface area contributed by atoms with Crippen LogP contribution in [0.4, 0.5) is 5.69 Å². The van der Waals surface area contributed by atoms with E-state index in [1.165, 1.54) is 4.90 Å². The van der Waals surface area contributed by atoms with E-state index in [4.69, 9.17) is 16.3 Å². The number of aromatic nitrogens is 1. The Morgan fingerprint density at radius 1 is 1.15 bits per heavy atom. The van der Waals surface area contributed by atoms with Crippen LogP contribution in [0.1, 0.15) is 21.8 Å². The molecule has 3 amide bonds. The predicted molar refractivity (Wildman–Crippen MR) is 123 cm³/mol. The fourth-order valence-corrected chi connectivity index (χ4v) is 4.33. The summed E-state index contributed by atoms with van der Waals surface area (Å²) in [7, 11) is 0. The summed E-state index contributed by atoms with van der Waals surface area (Å²) in [4.78, 5) is 44.6. The van der Waals surface area contributed by atoms with Crippen molar-refractivity contribution >= 4 is 45.8 Å². The van der Waals surface area contributed by atoms with E-state index in [-0.39, 0.29) is 36.9 Å². The van der Waals surface area contributed by atoms with Gasteiger partial charge >= 0.3 is 0 Å². The van der Waals surface area contributed by atoms with Gasteiger partial charge in [-0.3, -0.25) is 19.4 Å². The number of fused-ring (bicyclic) bond motifs is 2. The van der Waals surface area contributed by atoms with Crippen LogP contribution in [0.25, 0.3) is 10.8 Å². The van der Waals surface area contributed by atoms with Crippen LogP contribution >= 0.6 is 11.6 Å². The lowest BCUT2D eigenvalue weighted by Crippen LogP contribution is -2.53. The smallest absolute Gasteiger partial charge is 0.254 e. The molecule has 168 valence electrons. The molecule has 9 heteroatoms. The van der Waals surface area contributed by atoms with Crippen LogP contribution in [0.15, 0.2) is 54.9 Å². The number of ether oxygens (including phenoxy) is 1. The molecule has 0 saturated carbocycles. The van der Waals surface area contributed by atoms with Gasteiger partial charge in [0.2, 0.25) is 11.8 Å². The van der Waals surface area contributed by atoms with Gasteiger partial charge in [-0.15, -0.1) is 0 Å². The number of halogens is 1. The second-order valence-electron chi connectivity index (χ2n) is 8.17. The van der Waals surface area contributed by atoms with E-state index in [2.05, 4.69) is 15.6 Å². The molecular formula is C24H21ClN4O4. The molecule has 1 saturated heterocycles. The molecule has 1 unspecified atom stereocenters. The zero-order valence-corrected chi connectivity index (χ0v) is 18.3. The number of amides is 3. The molecule has 2 aliphatic rings. The number of benzene rings is 2. The van der Waals surface area contributed by atoms with Crippen LogP contribution in [-0.2, 0) is 14.3 Å². The van der Waals surface area contributed by atoms with E-state index in [1.54, 1.807) is 30.6 Å². The van der Waals surface area contributed by atoms with Crippen LogP contribution in [0, 0.1) is 0 Å². The van der Waals surface area contributed by atoms with Crippen LogP contribution in [0.2, 0.25) is 5.02 Å². The molecule has 2 aliphatic heterocycles. The van der Waals surface area contributed by atoms with Gasteiger partial charge in [-0.05, 0) is 23.8 Å². The van der Waals surface area contributed by atoms with Crippen molar-refractivity contribution in [1.29, 1.82) is 0 Å². The van der Waals surface area contributed by atoms with Crippen molar-refractivity contribution < 1.29 is 19.1 Å². The topological polar surface area (TPSA) is 101 Å². The number of anilines is 1. The van der Waals surface area contributed by atoms with Gasteiger partial charge in [0.15, 0.2) is 0 Å². The molecule has 0 radical (unpaired) electrons. The van der Waals surface area contributed by atoms with Gasteiger partial charge in [0, 0.05) is 34.1 Å². The fourth-order valence-electron chi connectivity index (χ4n) is 4.15. The number of nitrogens with one attached hydrogen (secondary N) is 2. The third-order valence-electron chi connectivity index (χ3n) is 5.89. The molecule has 1 aromatic heterocycles. The van der Waals surface area contributed by atoms with E-state index in [0.29, 0.717) is 35.1 Å². The van der Waals surface area contributed by atoms with E-state index >= 15 is 0 Å². The summed E-state index contributed by atoms with van der Waals surface area (Å²) in [5, 5.41) is 7.98. The number of hydrogen-bond donors (Lipinski definition) is 2. The summed E-state index contributed by atoms with van der Waals surface area (Å²) in [5.74, 6) is -1.60. The first kappa shape index (κ1) is 21.4. The first-order chi connectivity index (χ1) is 16.0. The summed E-state index contributed by atoms with van der Waals surface area (Å²) < 4.78 is 5.07.